The van der Waals surface area contributed by atoms with Crippen LogP contribution in [0, 0.1) is 0 Å². The van der Waals surface area contributed by atoms with Crippen molar-refractivity contribution in [1.29, 1.82) is 0 Å². The SMILES string of the molecule is COC(=O)Cn1c(=NC(=O)COc2ccc(OC)cc2)sc2cc(OC)ccc21. The Morgan fingerprint density at radius 1 is 0.966 bits per heavy atom. The van der Waals surface area contributed by atoms with Gasteiger partial charge in [-0.1, -0.05) is 11.3 Å². The van der Waals surface area contributed by atoms with Crippen LogP contribution in [0.15, 0.2) is 47.5 Å². The molecule has 0 atom stereocenters. The summed E-state index contributed by atoms with van der Waals surface area (Å²) in [5.41, 5.74) is 0.754. The molecule has 0 aliphatic carbocycles. The van der Waals surface area contributed by atoms with Crippen LogP contribution in [0.1, 0.15) is 0 Å². The lowest BCUT2D eigenvalue weighted by Crippen LogP contribution is -2.23. The molecule has 29 heavy (non-hydrogen) atoms. The lowest BCUT2D eigenvalue weighted by molar-refractivity contribution is -0.141. The van der Waals surface area contributed by atoms with Crippen molar-refractivity contribution in [1.82, 2.24) is 4.57 Å². The van der Waals surface area contributed by atoms with Gasteiger partial charge < -0.3 is 23.5 Å². The van der Waals surface area contributed by atoms with Crippen LogP contribution in [0.5, 0.6) is 17.2 Å². The molecule has 1 amide bonds. The van der Waals surface area contributed by atoms with Gasteiger partial charge in [-0.2, -0.15) is 4.99 Å². The Hall–Kier alpha value is -3.33. The zero-order valence-corrected chi connectivity index (χ0v) is 17.0. The minimum atomic E-state index is -0.474. The lowest BCUT2D eigenvalue weighted by atomic mass is 10.3. The molecule has 3 aromatic rings. The molecule has 0 spiro atoms. The van der Waals surface area contributed by atoms with Crippen LogP contribution in [0.2, 0.25) is 0 Å². The number of fused-ring (bicyclic) bond motifs is 1. The molecule has 0 aliphatic heterocycles. The molecule has 0 fully saturated rings. The largest absolute Gasteiger partial charge is 0.497 e. The molecule has 0 N–H and O–H groups in total. The quantitative estimate of drug-likeness (QED) is 0.550. The number of thiazole rings is 1. The van der Waals surface area contributed by atoms with Gasteiger partial charge in [0.1, 0.15) is 23.8 Å². The fourth-order valence-corrected chi connectivity index (χ4v) is 3.64. The summed E-state index contributed by atoms with van der Waals surface area (Å²) < 4.78 is 23.0. The van der Waals surface area contributed by atoms with Crippen LogP contribution < -0.4 is 19.0 Å². The Morgan fingerprint density at radius 2 is 1.62 bits per heavy atom. The molecule has 8 nitrogen and oxygen atoms in total. The maximum atomic E-state index is 12.4. The summed E-state index contributed by atoms with van der Waals surface area (Å²) in [6.07, 6.45) is 0. The maximum absolute atomic E-state index is 12.4. The van der Waals surface area contributed by atoms with Crippen molar-refractivity contribution in [2.24, 2.45) is 4.99 Å². The number of carbonyl (C=O) groups is 2. The van der Waals surface area contributed by atoms with Crippen LogP contribution in [0.4, 0.5) is 0 Å². The van der Waals surface area contributed by atoms with Gasteiger partial charge in [-0.25, -0.2) is 0 Å². The highest BCUT2D eigenvalue weighted by molar-refractivity contribution is 7.16. The number of esters is 1. The first-order valence-corrected chi connectivity index (χ1v) is 9.44. The average Bonchev–Trinajstić information content (AvgIpc) is 3.08. The minimum absolute atomic E-state index is 0.0612. The predicted octanol–water partition coefficient (Wildman–Crippen LogP) is 2.40. The summed E-state index contributed by atoms with van der Waals surface area (Å²) in [5.74, 6) is 0.974. The van der Waals surface area contributed by atoms with Crippen molar-refractivity contribution >= 4 is 33.4 Å². The fourth-order valence-electron chi connectivity index (χ4n) is 2.57. The smallest absolute Gasteiger partial charge is 0.325 e. The molecular weight excluding hydrogens is 396 g/mol. The van der Waals surface area contributed by atoms with Crippen molar-refractivity contribution < 1.29 is 28.5 Å². The topological polar surface area (TPSA) is 88.4 Å². The number of rotatable bonds is 7. The van der Waals surface area contributed by atoms with E-state index in [0.29, 0.717) is 22.0 Å². The van der Waals surface area contributed by atoms with E-state index >= 15 is 0 Å². The van der Waals surface area contributed by atoms with Gasteiger partial charge in [-0.3, -0.25) is 9.59 Å². The molecule has 0 radical (unpaired) electrons. The van der Waals surface area contributed by atoms with Gasteiger partial charge in [0.25, 0.3) is 5.91 Å². The first-order chi connectivity index (χ1) is 14.0. The van der Waals surface area contributed by atoms with Crippen LogP contribution in [-0.4, -0.2) is 44.4 Å². The number of hydrogen-bond acceptors (Lipinski definition) is 7. The molecule has 1 aromatic heterocycles. The van der Waals surface area contributed by atoms with E-state index in [2.05, 4.69) is 4.99 Å². The van der Waals surface area contributed by atoms with Gasteiger partial charge in [0, 0.05) is 0 Å². The van der Waals surface area contributed by atoms with Gasteiger partial charge in [-0.15, -0.1) is 0 Å². The monoisotopic (exact) mass is 416 g/mol. The van der Waals surface area contributed by atoms with Crippen molar-refractivity contribution in [3.8, 4) is 17.2 Å². The molecule has 0 bridgehead atoms. The molecule has 152 valence electrons. The fraction of sp³-hybridized carbons (Fsp3) is 0.250. The second-order valence-electron chi connectivity index (χ2n) is 5.85. The number of aromatic nitrogens is 1. The third kappa shape index (κ3) is 4.94. The van der Waals surface area contributed by atoms with E-state index in [9.17, 15) is 9.59 Å². The number of amides is 1. The summed E-state index contributed by atoms with van der Waals surface area (Å²) in [4.78, 5) is 28.7. The molecule has 1 heterocycles. The van der Waals surface area contributed by atoms with Crippen molar-refractivity contribution in [2.75, 3.05) is 27.9 Å². The summed E-state index contributed by atoms with van der Waals surface area (Å²) in [7, 11) is 4.45. The molecule has 0 unspecified atom stereocenters. The third-order valence-electron chi connectivity index (χ3n) is 4.05. The van der Waals surface area contributed by atoms with E-state index in [0.717, 1.165) is 10.2 Å². The standard InChI is InChI=1S/C20H20N2O6S/c1-25-13-4-6-14(7-5-13)28-12-18(23)21-20-22(11-19(24)27-3)16-9-8-15(26-2)10-17(16)29-20/h4-10H,11-12H2,1-3H3. The van der Waals surface area contributed by atoms with E-state index in [1.54, 1.807) is 49.1 Å². The van der Waals surface area contributed by atoms with Crippen LogP contribution in [0.3, 0.4) is 0 Å². The van der Waals surface area contributed by atoms with Gasteiger partial charge in [0.05, 0.1) is 31.5 Å². The number of nitrogens with zero attached hydrogens (tertiary/aromatic N) is 2. The molecule has 0 aliphatic rings. The zero-order valence-electron chi connectivity index (χ0n) is 16.2. The van der Waals surface area contributed by atoms with Gasteiger partial charge >= 0.3 is 5.97 Å². The van der Waals surface area contributed by atoms with Crippen LogP contribution in [0.25, 0.3) is 10.2 Å². The van der Waals surface area contributed by atoms with Crippen molar-refractivity contribution in [2.45, 2.75) is 6.54 Å². The van der Waals surface area contributed by atoms with E-state index in [1.165, 1.54) is 18.4 Å². The highest BCUT2D eigenvalue weighted by Gasteiger charge is 2.13. The van der Waals surface area contributed by atoms with Crippen LogP contribution >= 0.6 is 11.3 Å². The zero-order chi connectivity index (χ0) is 20.8. The number of benzene rings is 2. The first-order valence-electron chi connectivity index (χ1n) is 8.62. The van der Waals surface area contributed by atoms with Gasteiger partial charge in [0.15, 0.2) is 11.4 Å². The Kier molecular flexibility index (Phi) is 6.50. The molecule has 9 heteroatoms. The summed E-state index contributed by atoms with van der Waals surface area (Å²) in [6.45, 7) is -0.295. The van der Waals surface area contributed by atoms with Gasteiger partial charge in [0.2, 0.25) is 0 Å². The normalized spacial score (nSPS) is 11.3. The van der Waals surface area contributed by atoms with E-state index in [4.69, 9.17) is 18.9 Å². The number of carbonyl (C=O) groups excluding carboxylic acids is 2. The van der Waals surface area contributed by atoms with Crippen LogP contribution in [-0.2, 0) is 20.9 Å². The molecule has 3 rings (SSSR count). The highest BCUT2D eigenvalue weighted by Crippen LogP contribution is 2.23. The van der Waals surface area contributed by atoms with E-state index in [1.807, 2.05) is 12.1 Å². The van der Waals surface area contributed by atoms with E-state index < -0.39 is 11.9 Å². The predicted molar refractivity (Wildman–Crippen MR) is 107 cm³/mol. The number of hydrogen-bond donors (Lipinski definition) is 0. The molecular formula is C20H20N2O6S. The summed E-state index contributed by atoms with van der Waals surface area (Å²) >= 11 is 1.28. The first kappa shape index (κ1) is 20.4. The molecule has 0 saturated carbocycles. The second-order valence-corrected chi connectivity index (χ2v) is 6.86. The van der Waals surface area contributed by atoms with Crippen molar-refractivity contribution in [3.63, 3.8) is 0 Å². The minimum Gasteiger partial charge on any atom is -0.497 e. The Bertz CT molecular complexity index is 1080. The second kappa shape index (κ2) is 9.24. The lowest BCUT2D eigenvalue weighted by Gasteiger charge is -2.05. The summed E-state index contributed by atoms with van der Waals surface area (Å²) in [5, 5.41) is 0. The maximum Gasteiger partial charge on any atom is 0.325 e. The molecule has 2 aromatic carbocycles. The Labute approximate surface area is 170 Å². The highest BCUT2D eigenvalue weighted by atomic mass is 32.1. The number of methoxy groups -OCH3 is 3. The van der Waals surface area contributed by atoms with Gasteiger partial charge in [-0.05, 0) is 42.5 Å². The van der Waals surface area contributed by atoms with Crippen molar-refractivity contribution in [3.05, 3.63) is 47.3 Å². The Morgan fingerprint density at radius 3 is 2.28 bits per heavy atom. The Balaban J connectivity index is 1.86. The molecule has 0 saturated heterocycles. The van der Waals surface area contributed by atoms with E-state index in [-0.39, 0.29) is 13.2 Å². The average molecular weight is 416 g/mol. The number of ether oxygens (including phenoxy) is 4. The third-order valence-corrected chi connectivity index (χ3v) is 5.09. The summed E-state index contributed by atoms with van der Waals surface area (Å²) in [6, 6.07) is 12.3.